The van der Waals surface area contributed by atoms with E-state index in [0.717, 1.165) is 55.4 Å². The second-order valence-electron chi connectivity index (χ2n) is 16.2. The molecule has 0 aliphatic heterocycles. The lowest BCUT2D eigenvalue weighted by Gasteiger charge is -2.55. The van der Waals surface area contributed by atoms with Gasteiger partial charge in [-0.1, -0.05) is 12.1 Å². The lowest BCUT2D eigenvalue weighted by atomic mass is 9.51. The SMILES string of the molecule is COc1ccc(C23CCC(CN(c4cc(-c5cnn(C(C)(C)C)c5)ccn4)C(=O)[C@H]4CC[C@H](N(CCCO)C(=O)O)CC4)(CC2)CC3)cc1C. The van der Waals surface area contributed by atoms with Crippen LogP contribution < -0.4 is 9.64 Å². The van der Waals surface area contributed by atoms with Crippen molar-refractivity contribution in [2.75, 3.05) is 31.7 Å². The van der Waals surface area contributed by atoms with Crippen LogP contribution in [0.4, 0.5) is 10.6 Å². The zero-order valence-electron chi connectivity index (χ0n) is 30.5. The molecule has 270 valence electrons. The predicted octanol–water partition coefficient (Wildman–Crippen LogP) is 7.56. The molecule has 1 aromatic carbocycles. The molecule has 0 unspecified atom stereocenters. The van der Waals surface area contributed by atoms with E-state index < -0.39 is 6.09 Å². The highest BCUT2D eigenvalue weighted by molar-refractivity contribution is 5.95. The van der Waals surface area contributed by atoms with E-state index >= 15 is 0 Å². The molecule has 10 nitrogen and oxygen atoms in total. The van der Waals surface area contributed by atoms with E-state index in [4.69, 9.17) is 9.72 Å². The van der Waals surface area contributed by atoms with Crippen molar-refractivity contribution in [2.45, 2.75) is 115 Å². The number of aryl methyl sites for hydroxylation is 1. The minimum atomic E-state index is -0.958. The lowest BCUT2D eigenvalue weighted by Crippen LogP contribution is -2.52. The Labute approximate surface area is 296 Å². The highest BCUT2D eigenvalue weighted by atomic mass is 16.5. The van der Waals surface area contributed by atoms with E-state index in [1.807, 2.05) is 27.9 Å². The number of pyridine rings is 1. The molecule has 0 atom stereocenters. The van der Waals surface area contributed by atoms with Crippen LogP contribution in [-0.2, 0) is 15.7 Å². The number of rotatable bonds is 11. The van der Waals surface area contributed by atoms with Crippen molar-refractivity contribution in [2.24, 2.45) is 11.3 Å². The molecule has 4 aliphatic carbocycles. The summed E-state index contributed by atoms with van der Waals surface area (Å²) in [5, 5.41) is 23.8. The molecule has 7 rings (SSSR count). The Hall–Kier alpha value is -3.92. The van der Waals surface area contributed by atoms with Crippen molar-refractivity contribution >= 4 is 17.8 Å². The Bertz CT molecular complexity index is 1650. The number of amides is 2. The molecule has 0 spiro atoms. The third-order valence-electron chi connectivity index (χ3n) is 12.1. The van der Waals surface area contributed by atoms with Crippen molar-refractivity contribution in [1.29, 1.82) is 0 Å². The molecule has 3 aromatic rings. The quantitative estimate of drug-likeness (QED) is 0.214. The number of ether oxygens (including phenoxy) is 1. The summed E-state index contributed by atoms with van der Waals surface area (Å²) in [6.45, 7) is 9.39. The first-order valence-corrected chi connectivity index (χ1v) is 18.5. The van der Waals surface area contributed by atoms with Crippen LogP contribution in [0.3, 0.4) is 0 Å². The highest BCUT2D eigenvalue weighted by Crippen LogP contribution is 2.58. The molecule has 2 bridgehead atoms. The molecular weight excluding hydrogens is 630 g/mol. The summed E-state index contributed by atoms with van der Waals surface area (Å²) in [5.41, 5.74) is 4.59. The number of anilines is 1. The number of benzene rings is 1. The summed E-state index contributed by atoms with van der Waals surface area (Å²) in [6.07, 6.45) is 14.2. The fourth-order valence-corrected chi connectivity index (χ4v) is 8.86. The van der Waals surface area contributed by atoms with Crippen molar-refractivity contribution in [3.63, 3.8) is 0 Å². The Balaban J connectivity index is 1.25. The first kappa shape index (κ1) is 35.9. The molecule has 10 heteroatoms. The molecule has 2 heterocycles. The third kappa shape index (κ3) is 7.27. The maximum atomic E-state index is 14.7. The van der Waals surface area contributed by atoms with Crippen LogP contribution in [0.15, 0.2) is 48.9 Å². The van der Waals surface area contributed by atoms with Gasteiger partial charge in [0, 0.05) is 49.6 Å². The summed E-state index contributed by atoms with van der Waals surface area (Å²) in [4.78, 5) is 35.0. The van der Waals surface area contributed by atoms with Crippen LogP contribution in [0.2, 0.25) is 0 Å². The molecule has 4 aliphatic rings. The van der Waals surface area contributed by atoms with E-state index in [9.17, 15) is 19.8 Å². The second kappa shape index (κ2) is 14.4. The first-order valence-electron chi connectivity index (χ1n) is 18.5. The highest BCUT2D eigenvalue weighted by Gasteiger charge is 2.51. The van der Waals surface area contributed by atoms with Gasteiger partial charge in [0.15, 0.2) is 0 Å². The minimum Gasteiger partial charge on any atom is -0.496 e. The number of nitrogens with zero attached hydrogens (tertiary/aromatic N) is 5. The number of carboxylic acid groups (broad SMARTS) is 1. The fourth-order valence-electron chi connectivity index (χ4n) is 8.86. The molecule has 2 N–H and O–H groups in total. The first-order chi connectivity index (χ1) is 23.9. The molecule has 0 saturated heterocycles. The smallest absolute Gasteiger partial charge is 0.407 e. The summed E-state index contributed by atoms with van der Waals surface area (Å²) in [5.74, 6) is 1.50. The molecule has 2 amide bonds. The maximum absolute atomic E-state index is 14.7. The summed E-state index contributed by atoms with van der Waals surface area (Å²) in [6, 6.07) is 10.6. The second-order valence-corrected chi connectivity index (χ2v) is 16.2. The van der Waals surface area contributed by atoms with Gasteiger partial charge in [-0.25, -0.2) is 9.78 Å². The number of fused-ring (bicyclic) bond motifs is 3. The summed E-state index contributed by atoms with van der Waals surface area (Å²) < 4.78 is 7.51. The molecule has 4 saturated carbocycles. The van der Waals surface area contributed by atoms with Gasteiger partial charge in [0.05, 0.1) is 18.8 Å². The van der Waals surface area contributed by atoms with Crippen molar-refractivity contribution in [1.82, 2.24) is 19.7 Å². The average Bonchev–Trinajstić information content (AvgIpc) is 3.63. The Kier molecular flexibility index (Phi) is 10.3. The van der Waals surface area contributed by atoms with Crippen LogP contribution in [0.1, 0.15) is 103 Å². The molecule has 4 fully saturated rings. The average molecular weight is 686 g/mol. The van der Waals surface area contributed by atoms with Gasteiger partial charge >= 0.3 is 6.09 Å². The zero-order valence-corrected chi connectivity index (χ0v) is 30.5. The normalized spacial score (nSPS) is 24.9. The van der Waals surface area contributed by atoms with Gasteiger partial charge in [-0.2, -0.15) is 5.10 Å². The molecular formula is C40H55N5O5. The standard InChI is InChI=1S/C40H55N5O5/c1-28-23-32(9-12-34(28)50-5)40-17-14-39(15-18-40,16-19-40)27-44(35-24-30(13-20-41-35)31-25-42-45(26-31)38(2,3)4)36(47)29-7-10-33(11-8-29)43(37(48)49)21-6-22-46/h9,12-13,20,23-26,29,33,46H,6-8,10-11,14-19,21-22,27H2,1-5H3,(H,48,49)/t29-,33-,39?,40?. The van der Waals surface area contributed by atoms with E-state index in [0.29, 0.717) is 51.0 Å². The monoisotopic (exact) mass is 685 g/mol. The van der Waals surface area contributed by atoms with Crippen LogP contribution in [-0.4, -0.2) is 74.7 Å². The molecule has 50 heavy (non-hydrogen) atoms. The largest absolute Gasteiger partial charge is 0.496 e. The van der Waals surface area contributed by atoms with E-state index in [2.05, 4.69) is 57.2 Å². The number of aliphatic hydroxyl groups is 1. The Morgan fingerprint density at radius 3 is 2.28 bits per heavy atom. The van der Waals surface area contributed by atoms with Crippen LogP contribution in [0.25, 0.3) is 11.1 Å². The van der Waals surface area contributed by atoms with Gasteiger partial charge in [-0.3, -0.25) is 14.4 Å². The van der Waals surface area contributed by atoms with Crippen molar-refractivity contribution in [3.8, 4) is 16.9 Å². The van der Waals surface area contributed by atoms with Gasteiger partial charge in [-0.05, 0) is 144 Å². The zero-order chi connectivity index (χ0) is 35.7. The Morgan fingerprint density at radius 1 is 1.00 bits per heavy atom. The number of hydrogen-bond acceptors (Lipinski definition) is 6. The van der Waals surface area contributed by atoms with Gasteiger partial charge in [-0.15, -0.1) is 0 Å². The van der Waals surface area contributed by atoms with Crippen LogP contribution in [0, 0.1) is 18.3 Å². The number of hydrogen-bond donors (Lipinski definition) is 2. The fraction of sp³-hybridized carbons (Fsp3) is 0.600. The predicted molar refractivity (Wildman–Crippen MR) is 195 cm³/mol. The number of carbonyl (C=O) groups is 2. The number of carbonyl (C=O) groups excluding carboxylic acids is 1. The Morgan fingerprint density at radius 2 is 1.70 bits per heavy atom. The van der Waals surface area contributed by atoms with E-state index in [1.54, 1.807) is 13.3 Å². The lowest BCUT2D eigenvalue weighted by molar-refractivity contribution is -0.124. The maximum Gasteiger partial charge on any atom is 0.407 e. The molecule has 0 radical (unpaired) electrons. The van der Waals surface area contributed by atoms with Crippen molar-refractivity contribution < 1.29 is 24.5 Å². The molecule has 2 aromatic heterocycles. The van der Waals surface area contributed by atoms with E-state index in [1.165, 1.54) is 16.0 Å². The number of aromatic nitrogens is 3. The van der Waals surface area contributed by atoms with Gasteiger partial charge in [0.2, 0.25) is 5.91 Å². The van der Waals surface area contributed by atoms with Crippen molar-refractivity contribution in [3.05, 3.63) is 60.0 Å². The van der Waals surface area contributed by atoms with Gasteiger partial charge in [0.25, 0.3) is 0 Å². The topological polar surface area (TPSA) is 121 Å². The van der Waals surface area contributed by atoms with Crippen LogP contribution >= 0.6 is 0 Å². The van der Waals surface area contributed by atoms with Crippen LogP contribution in [0.5, 0.6) is 5.75 Å². The van der Waals surface area contributed by atoms with E-state index in [-0.39, 0.29) is 40.8 Å². The number of aliphatic hydroxyl groups excluding tert-OH is 1. The summed E-state index contributed by atoms with van der Waals surface area (Å²) >= 11 is 0. The number of methoxy groups -OCH3 is 1. The third-order valence-corrected chi connectivity index (χ3v) is 12.1. The van der Waals surface area contributed by atoms with Gasteiger partial charge < -0.3 is 19.8 Å². The van der Waals surface area contributed by atoms with Gasteiger partial charge in [0.1, 0.15) is 11.6 Å². The minimum absolute atomic E-state index is 0.0231. The summed E-state index contributed by atoms with van der Waals surface area (Å²) in [7, 11) is 1.72.